The van der Waals surface area contributed by atoms with Gasteiger partial charge in [0.25, 0.3) is 0 Å². The summed E-state index contributed by atoms with van der Waals surface area (Å²) in [7, 11) is -2.22. The Labute approximate surface area is 126 Å². The third-order valence-corrected chi connectivity index (χ3v) is 5.46. The van der Waals surface area contributed by atoms with Crippen molar-refractivity contribution < 1.29 is 22.7 Å². The molecule has 1 fully saturated rings. The van der Waals surface area contributed by atoms with E-state index in [9.17, 15) is 18.0 Å². The molecule has 0 aliphatic heterocycles. The second kappa shape index (κ2) is 7.24. The Balaban J connectivity index is 2.50. The fraction of sp³-hybridized carbons (Fsp3) is 0.857. The topological polar surface area (TPSA) is 89.5 Å². The van der Waals surface area contributed by atoms with Crippen molar-refractivity contribution in [3.63, 3.8) is 0 Å². The van der Waals surface area contributed by atoms with Crippen LogP contribution in [0.4, 0.5) is 0 Å². The normalized spacial score (nSPS) is 17.9. The molecule has 1 amide bonds. The van der Waals surface area contributed by atoms with Crippen molar-refractivity contribution >= 4 is 21.7 Å². The summed E-state index contributed by atoms with van der Waals surface area (Å²) in [6, 6.07) is -0.0253. The number of methoxy groups -OCH3 is 1. The van der Waals surface area contributed by atoms with Crippen LogP contribution in [0.2, 0.25) is 0 Å². The van der Waals surface area contributed by atoms with Crippen LogP contribution in [0.5, 0.6) is 0 Å². The van der Waals surface area contributed by atoms with Crippen LogP contribution in [0, 0.1) is 5.41 Å². The van der Waals surface area contributed by atoms with E-state index < -0.39 is 32.9 Å². The molecule has 0 saturated heterocycles. The Morgan fingerprint density at radius 3 is 2.43 bits per heavy atom. The predicted octanol–water partition coefficient (Wildman–Crippen LogP) is 1.05. The molecule has 0 bridgehead atoms. The number of esters is 1. The molecule has 0 aromatic carbocycles. The van der Waals surface area contributed by atoms with Crippen molar-refractivity contribution in [2.75, 3.05) is 18.6 Å². The highest BCUT2D eigenvalue weighted by molar-refractivity contribution is 7.92. The van der Waals surface area contributed by atoms with Gasteiger partial charge in [0.15, 0.2) is 9.84 Å². The van der Waals surface area contributed by atoms with E-state index in [0.29, 0.717) is 12.8 Å². The van der Waals surface area contributed by atoms with Gasteiger partial charge in [-0.1, -0.05) is 13.3 Å². The molecule has 1 aliphatic rings. The molecule has 0 aromatic rings. The van der Waals surface area contributed by atoms with Crippen LogP contribution >= 0.6 is 0 Å². The van der Waals surface area contributed by atoms with Crippen molar-refractivity contribution in [3.05, 3.63) is 0 Å². The maximum atomic E-state index is 12.1. The van der Waals surface area contributed by atoms with Crippen LogP contribution in [-0.4, -0.2) is 45.0 Å². The van der Waals surface area contributed by atoms with Gasteiger partial charge in [-0.05, 0) is 31.6 Å². The SMILES string of the molecule is CCCC(C)NC(=O)CS(=O)(=O)CC1(CC(=O)OC)CC1. The van der Waals surface area contributed by atoms with Crippen LogP contribution in [-0.2, 0) is 24.2 Å². The van der Waals surface area contributed by atoms with E-state index in [-0.39, 0.29) is 18.2 Å². The summed E-state index contributed by atoms with van der Waals surface area (Å²) >= 11 is 0. The van der Waals surface area contributed by atoms with E-state index in [1.807, 2.05) is 13.8 Å². The van der Waals surface area contributed by atoms with Crippen molar-refractivity contribution in [2.45, 2.75) is 52.0 Å². The summed E-state index contributed by atoms with van der Waals surface area (Å²) in [6.07, 6.45) is 3.23. The molecular weight excluding hydrogens is 294 g/mol. The smallest absolute Gasteiger partial charge is 0.306 e. The lowest BCUT2D eigenvalue weighted by molar-refractivity contribution is -0.141. The first-order chi connectivity index (χ1) is 9.72. The molecule has 7 heteroatoms. The number of carbonyl (C=O) groups excluding carboxylic acids is 2. The highest BCUT2D eigenvalue weighted by Crippen LogP contribution is 2.50. The van der Waals surface area contributed by atoms with Crippen molar-refractivity contribution in [2.24, 2.45) is 5.41 Å². The van der Waals surface area contributed by atoms with Gasteiger partial charge in [0.1, 0.15) is 5.75 Å². The van der Waals surface area contributed by atoms with Crippen LogP contribution in [0.3, 0.4) is 0 Å². The Morgan fingerprint density at radius 2 is 1.95 bits per heavy atom. The summed E-state index contributed by atoms with van der Waals surface area (Å²) in [5.74, 6) is -1.50. The van der Waals surface area contributed by atoms with E-state index in [4.69, 9.17) is 0 Å². The Kier molecular flexibility index (Phi) is 6.19. The largest absolute Gasteiger partial charge is 0.469 e. The summed E-state index contributed by atoms with van der Waals surface area (Å²) in [6.45, 7) is 3.86. The summed E-state index contributed by atoms with van der Waals surface area (Å²) in [5, 5.41) is 2.69. The average molecular weight is 319 g/mol. The lowest BCUT2D eigenvalue weighted by atomic mass is 10.1. The fourth-order valence-corrected chi connectivity index (χ4v) is 4.37. The zero-order chi connectivity index (χ0) is 16.1. The molecule has 0 heterocycles. The highest BCUT2D eigenvalue weighted by Gasteiger charge is 2.48. The van der Waals surface area contributed by atoms with Gasteiger partial charge in [0.2, 0.25) is 5.91 Å². The minimum absolute atomic E-state index is 0.0253. The number of hydrogen-bond donors (Lipinski definition) is 1. The molecule has 1 aliphatic carbocycles. The highest BCUT2D eigenvalue weighted by atomic mass is 32.2. The second-order valence-electron chi connectivity index (χ2n) is 6.04. The van der Waals surface area contributed by atoms with E-state index in [1.165, 1.54) is 7.11 Å². The molecule has 0 spiro atoms. The van der Waals surface area contributed by atoms with E-state index in [1.54, 1.807) is 0 Å². The fourth-order valence-electron chi connectivity index (χ4n) is 2.47. The molecule has 1 rings (SSSR count). The second-order valence-corrected chi connectivity index (χ2v) is 8.11. The zero-order valence-electron chi connectivity index (χ0n) is 13.0. The van der Waals surface area contributed by atoms with Gasteiger partial charge in [0.05, 0.1) is 19.3 Å². The van der Waals surface area contributed by atoms with Crippen LogP contribution in [0.15, 0.2) is 0 Å². The first kappa shape index (κ1) is 17.9. The molecule has 0 aromatic heterocycles. The maximum Gasteiger partial charge on any atom is 0.306 e. The van der Waals surface area contributed by atoms with E-state index >= 15 is 0 Å². The molecule has 21 heavy (non-hydrogen) atoms. The van der Waals surface area contributed by atoms with Crippen molar-refractivity contribution in [1.82, 2.24) is 5.32 Å². The third-order valence-electron chi connectivity index (χ3n) is 3.71. The van der Waals surface area contributed by atoms with Gasteiger partial charge in [-0.25, -0.2) is 8.42 Å². The Bertz CT molecular complexity index is 482. The third kappa shape index (κ3) is 6.46. The number of hydrogen-bond acceptors (Lipinski definition) is 5. The van der Waals surface area contributed by atoms with Gasteiger partial charge >= 0.3 is 5.97 Å². The number of nitrogens with one attached hydrogen (secondary N) is 1. The van der Waals surface area contributed by atoms with Crippen molar-refractivity contribution in [3.8, 4) is 0 Å². The quantitative estimate of drug-likeness (QED) is 0.642. The molecule has 1 unspecified atom stereocenters. The minimum Gasteiger partial charge on any atom is -0.469 e. The zero-order valence-corrected chi connectivity index (χ0v) is 13.8. The van der Waals surface area contributed by atoms with Gasteiger partial charge < -0.3 is 10.1 Å². The number of carbonyl (C=O) groups is 2. The first-order valence-corrected chi connectivity index (χ1v) is 9.11. The summed E-state index contributed by atoms with van der Waals surface area (Å²) in [4.78, 5) is 23.0. The Hall–Kier alpha value is -1.11. The standard InChI is InChI=1S/C14H25NO5S/c1-4-5-11(2)15-12(16)9-21(18,19)10-14(6-7-14)8-13(17)20-3/h11H,4-10H2,1-3H3,(H,15,16). The van der Waals surface area contributed by atoms with Gasteiger partial charge in [-0.15, -0.1) is 0 Å². The maximum absolute atomic E-state index is 12.1. The average Bonchev–Trinajstić information content (AvgIpc) is 3.06. The molecule has 122 valence electrons. The van der Waals surface area contributed by atoms with Crippen LogP contribution in [0.1, 0.15) is 46.0 Å². The predicted molar refractivity (Wildman–Crippen MR) is 79.5 cm³/mol. The molecule has 1 atom stereocenters. The van der Waals surface area contributed by atoms with Gasteiger partial charge in [-0.2, -0.15) is 0 Å². The molecule has 0 radical (unpaired) electrons. The van der Waals surface area contributed by atoms with Crippen molar-refractivity contribution in [1.29, 1.82) is 0 Å². The molecular formula is C14H25NO5S. The number of amides is 1. The molecule has 6 nitrogen and oxygen atoms in total. The Morgan fingerprint density at radius 1 is 1.33 bits per heavy atom. The molecule has 1 saturated carbocycles. The van der Waals surface area contributed by atoms with Gasteiger partial charge in [-0.3, -0.25) is 9.59 Å². The number of sulfone groups is 1. The van der Waals surface area contributed by atoms with E-state index in [0.717, 1.165) is 12.8 Å². The lowest BCUT2D eigenvalue weighted by Gasteiger charge is -2.15. The van der Waals surface area contributed by atoms with Crippen LogP contribution in [0.25, 0.3) is 0 Å². The summed E-state index contributed by atoms with van der Waals surface area (Å²) in [5.41, 5.74) is -0.513. The number of ether oxygens (including phenoxy) is 1. The molecule has 1 N–H and O–H groups in total. The monoisotopic (exact) mass is 319 g/mol. The minimum atomic E-state index is -3.51. The van der Waals surface area contributed by atoms with E-state index in [2.05, 4.69) is 10.1 Å². The first-order valence-electron chi connectivity index (χ1n) is 7.28. The van der Waals surface area contributed by atoms with Gasteiger partial charge in [0, 0.05) is 6.04 Å². The van der Waals surface area contributed by atoms with Crippen LogP contribution < -0.4 is 5.32 Å². The number of rotatable bonds is 9. The summed E-state index contributed by atoms with van der Waals surface area (Å²) < 4.78 is 28.8. The lowest BCUT2D eigenvalue weighted by Crippen LogP contribution is -2.38.